The number of rotatable bonds is 8. The maximum atomic E-state index is 11.5. The number of anilines is 1. The smallest absolute Gasteiger partial charge is 0.224 e. The van der Waals surface area contributed by atoms with Gasteiger partial charge in [0.1, 0.15) is 12.4 Å². The highest BCUT2D eigenvalue weighted by Crippen LogP contribution is 2.15. The fourth-order valence-electron chi connectivity index (χ4n) is 1.47. The Hall–Kier alpha value is -1.01. The monoisotopic (exact) mass is 337 g/mol. The Labute approximate surface area is 139 Å². The van der Waals surface area contributed by atoms with Crippen molar-refractivity contribution in [3.05, 3.63) is 24.3 Å². The fourth-order valence-corrected chi connectivity index (χ4v) is 1.47. The van der Waals surface area contributed by atoms with Gasteiger partial charge in [0.25, 0.3) is 0 Å². The van der Waals surface area contributed by atoms with E-state index in [1.807, 2.05) is 38.4 Å². The summed E-state index contributed by atoms with van der Waals surface area (Å²) in [6.45, 7) is 2.05. The zero-order chi connectivity index (χ0) is 14.1. The minimum atomic E-state index is -0.00766. The van der Waals surface area contributed by atoms with E-state index in [4.69, 9.17) is 10.5 Å². The number of carbonyl (C=O) groups is 1. The molecule has 122 valence electrons. The van der Waals surface area contributed by atoms with E-state index >= 15 is 0 Å². The Kier molecular flexibility index (Phi) is 13.5. The zero-order valence-corrected chi connectivity index (χ0v) is 14.1. The first kappa shape index (κ1) is 22.3. The molecule has 0 radical (unpaired) electrons. The third-order valence-electron chi connectivity index (χ3n) is 2.55. The van der Waals surface area contributed by atoms with Crippen molar-refractivity contribution in [3.63, 3.8) is 0 Å². The van der Waals surface area contributed by atoms with Crippen LogP contribution < -0.4 is 15.8 Å². The second-order valence-corrected chi connectivity index (χ2v) is 4.62. The first-order chi connectivity index (χ1) is 9.11. The molecule has 1 amide bonds. The minimum absolute atomic E-state index is 0. The molecule has 0 atom stereocenters. The van der Waals surface area contributed by atoms with E-state index in [-0.39, 0.29) is 30.7 Å². The van der Waals surface area contributed by atoms with E-state index in [9.17, 15) is 4.79 Å². The number of benzene rings is 1. The van der Waals surface area contributed by atoms with Crippen LogP contribution in [0.3, 0.4) is 0 Å². The Balaban J connectivity index is 0. The van der Waals surface area contributed by atoms with Crippen LogP contribution >= 0.6 is 24.8 Å². The van der Waals surface area contributed by atoms with Gasteiger partial charge in [-0.2, -0.15) is 0 Å². The number of nitrogens with zero attached hydrogens (tertiary/aromatic N) is 1. The van der Waals surface area contributed by atoms with E-state index in [0.29, 0.717) is 26.0 Å². The third-order valence-corrected chi connectivity index (χ3v) is 2.55. The fraction of sp³-hybridized carbons (Fsp3) is 0.500. The number of hydrogen-bond donors (Lipinski definition) is 2. The van der Waals surface area contributed by atoms with Crippen LogP contribution in [0.1, 0.15) is 12.8 Å². The van der Waals surface area contributed by atoms with Crippen LogP contribution in [0, 0.1) is 0 Å². The molecule has 0 saturated heterocycles. The van der Waals surface area contributed by atoms with Gasteiger partial charge in [-0.1, -0.05) is 0 Å². The lowest BCUT2D eigenvalue weighted by Gasteiger charge is -2.11. The highest BCUT2D eigenvalue weighted by Gasteiger charge is 2.02. The lowest BCUT2D eigenvalue weighted by Crippen LogP contribution is -2.19. The number of nitrogens with two attached hydrogens (primary N) is 1. The molecule has 3 N–H and O–H groups in total. The summed E-state index contributed by atoms with van der Waals surface area (Å²) in [5, 5.41) is 2.82. The van der Waals surface area contributed by atoms with Crippen molar-refractivity contribution in [2.45, 2.75) is 12.8 Å². The van der Waals surface area contributed by atoms with Crippen molar-refractivity contribution in [2.24, 2.45) is 5.73 Å². The van der Waals surface area contributed by atoms with Gasteiger partial charge in [0, 0.05) is 18.7 Å². The van der Waals surface area contributed by atoms with Crippen molar-refractivity contribution in [2.75, 3.05) is 39.1 Å². The second-order valence-electron chi connectivity index (χ2n) is 4.62. The summed E-state index contributed by atoms with van der Waals surface area (Å²) >= 11 is 0. The second kappa shape index (κ2) is 12.7. The molecule has 0 fully saturated rings. The zero-order valence-electron chi connectivity index (χ0n) is 12.5. The summed E-state index contributed by atoms with van der Waals surface area (Å²) in [4.78, 5) is 13.6. The van der Waals surface area contributed by atoms with Crippen LogP contribution in [-0.2, 0) is 4.79 Å². The number of likely N-dealkylation sites (N-methyl/N-ethyl adjacent to an activating group) is 1. The van der Waals surface area contributed by atoms with E-state index in [1.54, 1.807) is 0 Å². The van der Waals surface area contributed by atoms with Gasteiger partial charge in [0.05, 0.1) is 0 Å². The molecule has 0 aliphatic rings. The molecule has 0 bridgehead atoms. The van der Waals surface area contributed by atoms with Crippen molar-refractivity contribution in [3.8, 4) is 5.75 Å². The quantitative estimate of drug-likeness (QED) is 0.762. The molecular weight excluding hydrogens is 313 g/mol. The molecule has 0 aliphatic heterocycles. The lowest BCUT2D eigenvalue weighted by molar-refractivity contribution is -0.116. The van der Waals surface area contributed by atoms with E-state index in [1.165, 1.54) is 0 Å². The first-order valence-electron chi connectivity index (χ1n) is 6.49. The number of nitrogens with one attached hydrogen (secondary N) is 1. The van der Waals surface area contributed by atoms with Crippen molar-refractivity contribution in [1.29, 1.82) is 0 Å². The Bertz CT molecular complexity index is 386. The highest BCUT2D eigenvalue weighted by molar-refractivity contribution is 5.90. The number of hydrogen-bond acceptors (Lipinski definition) is 4. The Morgan fingerprint density at radius 1 is 1.24 bits per heavy atom. The standard InChI is InChI=1S/C14H23N3O2.2ClH/c1-17(2)10-11-19-13-7-5-12(6-8-13)16-14(18)4-3-9-15;;/h5-8H,3-4,9-11,15H2,1-2H3,(H,16,18);2*1H. The SMILES string of the molecule is CN(C)CCOc1ccc(NC(=O)CCCN)cc1.Cl.Cl. The maximum absolute atomic E-state index is 11.5. The van der Waals surface area contributed by atoms with Crippen LogP contribution in [-0.4, -0.2) is 44.6 Å². The average Bonchev–Trinajstić information content (AvgIpc) is 2.38. The molecule has 7 heteroatoms. The molecule has 0 spiro atoms. The van der Waals surface area contributed by atoms with Crippen LogP contribution in [0.2, 0.25) is 0 Å². The molecule has 21 heavy (non-hydrogen) atoms. The van der Waals surface area contributed by atoms with Crippen molar-refractivity contribution >= 4 is 36.4 Å². The third kappa shape index (κ3) is 10.4. The number of amides is 1. The number of ether oxygens (including phenoxy) is 1. The van der Waals surface area contributed by atoms with Gasteiger partial charge in [-0.25, -0.2) is 0 Å². The summed E-state index contributed by atoms with van der Waals surface area (Å²) in [6.07, 6.45) is 1.16. The predicted molar refractivity (Wildman–Crippen MR) is 91.9 cm³/mol. The average molecular weight is 338 g/mol. The van der Waals surface area contributed by atoms with Gasteiger partial charge in [-0.15, -0.1) is 24.8 Å². The first-order valence-corrected chi connectivity index (χ1v) is 6.49. The van der Waals surface area contributed by atoms with E-state index in [2.05, 4.69) is 10.2 Å². The minimum Gasteiger partial charge on any atom is -0.492 e. The summed E-state index contributed by atoms with van der Waals surface area (Å²) in [7, 11) is 4.01. The molecular formula is C14H25Cl2N3O2. The largest absolute Gasteiger partial charge is 0.492 e. The van der Waals surface area contributed by atoms with Gasteiger partial charge < -0.3 is 20.7 Å². The highest BCUT2D eigenvalue weighted by atomic mass is 35.5. The number of carbonyl (C=O) groups excluding carboxylic acids is 1. The molecule has 1 aromatic carbocycles. The molecule has 1 aromatic rings. The van der Waals surface area contributed by atoms with E-state index < -0.39 is 0 Å². The molecule has 0 aliphatic carbocycles. The van der Waals surface area contributed by atoms with Crippen LogP contribution in [0.4, 0.5) is 5.69 Å². The molecule has 0 aromatic heterocycles. The molecule has 0 heterocycles. The Morgan fingerprint density at radius 3 is 2.38 bits per heavy atom. The summed E-state index contributed by atoms with van der Waals surface area (Å²) in [5.41, 5.74) is 6.14. The van der Waals surface area contributed by atoms with Gasteiger partial charge in [-0.3, -0.25) is 4.79 Å². The maximum Gasteiger partial charge on any atom is 0.224 e. The van der Waals surface area contributed by atoms with Crippen LogP contribution in [0.25, 0.3) is 0 Å². The van der Waals surface area contributed by atoms with Crippen LogP contribution in [0.15, 0.2) is 24.3 Å². The topological polar surface area (TPSA) is 67.6 Å². The van der Waals surface area contributed by atoms with Crippen molar-refractivity contribution < 1.29 is 9.53 Å². The lowest BCUT2D eigenvalue weighted by atomic mass is 10.2. The molecule has 0 unspecified atom stereocenters. The van der Waals surface area contributed by atoms with Gasteiger partial charge in [-0.05, 0) is 51.3 Å². The van der Waals surface area contributed by atoms with E-state index in [0.717, 1.165) is 18.0 Å². The van der Waals surface area contributed by atoms with Gasteiger partial charge >= 0.3 is 0 Å². The van der Waals surface area contributed by atoms with Crippen LogP contribution in [0.5, 0.6) is 5.75 Å². The number of halogens is 2. The molecule has 1 rings (SSSR count). The molecule has 0 saturated carbocycles. The predicted octanol–water partition coefficient (Wildman–Crippen LogP) is 2.15. The summed E-state index contributed by atoms with van der Waals surface area (Å²) in [5.74, 6) is 0.800. The Morgan fingerprint density at radius 2 is 1.86 bits per heavy atom. The van der Waals surface area contributed by atoms with Gasteiger partial charge in [0.2, 0.25) is 5.91 Å². The van der Waals surface area contributed by atoms with Gasteiger partial charge in [0.15, 0.2) is 0 Å². The normalized spacial score (nSPS) is 9.52. The summed E-state index contributed by atoms with van der Waals surface area (Å²) in [6, 6.07) is 7.39. The molecule has 5 nitrogen and oxygen atoms in total. The van der Waals surface area contributed by atoms with Crippen molar-refractivity contribution in [1.82, 2.24) is 4.90 Å². The summed E-state index contributed by atoms with van der Waals surface area (Å²) < 4.78 is 5.57.